The van der Waals surface area contributed by atoms with Crippen molar-refractivity contribution in [1.82, 2.24) is 47.9 Å². The fraction of sp³-hybridized carbons (Fsp3) is 0.410. The Kier molecular flexibility index (Phi) is 25.1. The molecule has 20 nitrogen and oxygen atoms in total. The first-order chi connectivity index (χ1) is 47.1. The zero-order valence-electron chi connectivity index (χ0n) is 59.2. The Labute approximate surface area is 593 Å². The minimum Gasteiger partial charge on any atom is -0.459 e. The molecular weight excluding hydrogens is 1300 g/mol. The fourth-order valence-electron chi connectivity index (χ4n) is 11.3. The van der Waals surface area contributed by atoms with Crippen molar-refractivity contribution in [2.75, 3.05) is 5.75 Å². The lowest BCUT2D eigenvalue weighted by Gasteiger charge is -2.35. The van der Waals surface area contributed by atoms with Crippen LogP contribution in [0.3, 0.4) is 0 Å². The van der Waals surface area contributed by atoms with E-state index >= 15 is 0 Å². The van der Waals surface area contributed by atoms with Gasteiger partial charge in [0, 0.05) is 36.7 Å². The number of rotatable bonds is 31. The highest BCUT2D eigenvalue weighted by atomic mass is 33.1. The van der Waals surface area contributed by atoms with Crippen molar-refractivity contribution in [3.05, 3.63) is 180 Å². The molecule has 1 unspecified atom stereocenters. The molecule has 1 aliphatic rings. The first kappa shape index (κ1) is 76.5. The van der Waals surface area contributed by atoms with E-state index in [2.05, 4.69) is 47.9 Å². The summed E-state index contributed by atoms with van der Waals surface area (Å²) in [5.41, 5.74) is -7.27. The third kappa shape index (κ3) is 21.1. The molecule has 22 heteroatoms. The summed E-state index contributed by atoms with van der Waals surface area (Å²) in [6, 6.07) is 45.3. The molecule has 0 aliphatic carbocycles. The van der Waals surface area contributed by atoms with Crippen LogP contribution in [0.2, 0.25) is 0 Å². The van der Waals surface area contributed by atoms with E-state index in [1.54, 1.807) is 12.1 Å². The van der Waals surface area contributed by atoms with Gasteiger partial charge in [0.2, 0.25) is 53.2 Å². The summed E-state index contributed by atoms with van der Waals surface area (Å²) in [7, 11) is 3.76. The SMILES string of the molecule is CC(C)(NC(=O)[C@H](Cc1ccc2ccccc2c1)NC(=O)CCCCC1CCSS1)C(=O)NC(C)(C)C(=O)N[C@@H](Cc1ccc2ccccc2c1)C(=O)NC(C)(C)C(=O)NC(C)(C)C(=O)N[C@@H](Cc1ccc2ccccc2c1)C(=O)NC(C)(C)C(=O)NC(C)(C)C(=O)OCc1ccccc1. The summed E-state index contributed by atoms with van der Waals surface area (Å²) in [5.74, 6) is -5.91. The van der Waals surface area contributed by atoms with E-state index < -0.39 is 105 Å². The second-order valence-electron chi connectivity index (χ2n) is 29.0. The Hall–Kier alpha value is -9.28. The van der Waals surface area contributed by atoms with Crippen molar-refractivity contribution in [3.8, 4) is 0 Å². The molecule has 4 atom stereocenters. The highest BCUT2D eigenvalue weighted by molar-refractivity contribution is 8.77. The Morgan fingerprint density at radius 3 is 1.12 bits per heavy atom. The molecular formula is C78H95N9O11S2. The van der Waals surface area contributed by atoms with E-state index in [1.165, 1.54) is 83.1 Å². The normalized spacial score (nSPS) is 14.5. The Balaban J connectivity index is 0.943. The van der Waals surface area contributed by atoms with Gasteiger partial charge in [-0.2, -0.15) is 0 Å². The fourth-order valence-corrected chi connectivity index (χ4v) is 14.4. The van der Waals surface area contributed by atoms with Crippen LogP contribution in [-0.2, 0) is 78.6 Å². The molecule has 0 saturated carbocycles. The van der Waals surface area contributed by atoms with E-state index in [-0.39, 0.29) is 38.2 Å². The molecule has 9 N–H and O–H groups in total. The van der Waals surface area contributed by atoms with Crippen molar-refractivity contribution in [3.63, 3.8) is 0 Å². The number of esters is 1. The summed E-state index contributed by atoms with van der Waals surface area (Å²) >= 11 is 0. The van der Waals surface area contributed by atoms with Crippen LogP contribution in [0.1, 0.15) is 137 Å². The van der Waals surface area contributed by atoms with Crippen molar-refractivity contribution < 1.29 is 52.7 Å². The summed E-state index contributed by atoms with van der Waals surface area (Å²) in [6.45, 7) is 17.4. The standard InChI is InChI=1S/C78H95N9O11S2/c1-73(2,85-69(94)75(5,6)82-64(89)60(45-50-34-37-53-26-16-19-29-56(53)42-50)79-63(88)33-23-22-32-59-40-41-99-100-59)67(92)80-61(46-51-35-38-54-27-17-20-30-57(54)43-51)65(90)83-76(7,8)70(95)86-74(3,4)68(93)81-62(47-52-36-39-55-28-18-21-31-58(55)44-52)66(91)84-77(9,10)71(96)87-78(11,12)72(97)98-48-49-24-14-13-15-25-49/h13-21,24-31,34-39,42-44,59-62H,22-23,32-33,40-41,45-48H2,1-12H3,(H,79,88)(H,80,92)(H,81,93)(H,82,89)(H,83,90)(H,84,91)(H,85,94)(H,86,95)(H,87,96)/t59?,60-,61-,62-/m0/s1. The zero-order valence-corrected chi connectivity index (χ0v) is 60.8. The number of hydrogen-bond acceptors (Lipinski definition) is 13. The molecule has 8 rings (SSSR count). The number of carbonyl (C=O) groups excluding carboxylic acids is 10. The quantitative estimate of drug-likeness (QED) is 0.0111. The Morgan fingerprint density at radius 2 is 0.740 bits per heavy atom. The number of benzene rings is 7. The molecule has 9 amide bonds. The van der Waals surface area contributed by atoms with Gasteiger partial charge in [-0.25, -0.2) is 4.79 Å². The number of ether oxygens (including phenoxy) is 1. The molecule has 1 heterocycles. The van der Waals surface area contributed by atoms with E-state index in [1.807, 2.05) is 167 Å². The average Bonchev–Trinajstić information content (AvgIpc) is 0.901. The second kappa shape index (κ2) is 32.8. The van der Waals surface area contributed by atoms with Gasteiger partial charge in [-0.1, -0.05) is 186 Å². The number of unbranched alkanes of at least 4 members (excludes halogenated alkanes) is 1. The summed E-state index contributed by atoms with van der Waals surface area (Å²) in [5, 5.41) is 31.3. The lowest BCUT2D eigenvalue weighted by atomic mass is 9.95. The van der Waals surface area contributed by atoms with E-state index in [0.717, 1.165) is 68.5 Å². The molecule has 7 aromatic carbocycles. The van der Waals surface area contributed by atoms with Crippen LogP contribution in [0.15, 0.2) is 158 Å². The van der Waals surface area contributed by atoms with E-state index in [9.17, 15) is 47.9 Å². The minimum atomic E-state index is -1.78. The topological polar surface area (TPSA) is 288 Å². The van der Waals surface area contributed by atoms with Crippen LogP contribution in [0, 0.1) is 0 Å². The molecule has 0 radical (unpaired) electrons. The minimum absolute atomic E-state index is 0.0282. The van der Waals surface area contributed by atoms with Crippen molar-refractivity contribution >= 4 is 113 Å². The van der Waals surface area contributed by atoms with Gasteiger partial charge < -0.3 is 52.6 Å². The summed E-state index contributed by atoms with van der Waals surface area (Å²) in [6.07, 6.45) is 3.91. The second-order valence-corrected chi connectivity index (χ2v) is 31.8. The first-order valence-corrected chi connectivity index (χ1v) is 36.3. The van der Waals surface area contributed by atoms with Gasteiger partial charge in [0.15, 0.2) is 0 Å². The molecule has 0 spiro atoms. The van der Waals surface area contributed by atoms with E-state index in [4.69, 9.17) is 4.74 Å². The van der Waals surface area contributed by atoms with Gasteiger partial charge in [-0.05, 0) is 157 Å². The number of hydrogen-bond donors (Lipinski definition) is 9. The maximum atomic E-state index is 14.8. The lowest BCUT2D eigenvalue weighted by Crippen LogP contribution is -2.67. The van der Waals surface area contributed by atoms with E-state index in [0.29, 0.717) is 22.8 Å². The maximum absolute atomic E-state index is 14.8. The van der Waals surface area contributed by atoms with Gasteiger partial charge in [0.05, 0.1) is 0 Å². The zero-order chi connectivity index (χ0) is 72.8. The average molecular weight is 1400 g/mol. The van der Waals surface area contributed by atoms with Crippen LogP contribution in [0.25, 0.3) is 32.3 Å². The Morgan fingerprint density at radius 1 is 0.390 bits per heavy atom. The number of amides is 9. The van der Waals surface area contributed by atoms with Crippen LogP contribution < -0.4 is 47.9 Å². The Bertz CT molecular complexity index is 4170. The first-order valence-electron chi connectivity index (χ1n) is 33.9. The predicted molar refractivity (Wildman–Crippen MR) is 395 cm³/mol. The number of fused-ring (bicyclic) bond motifs is 3. The van der Waals surface area contributed by atoms with Gasteiger partial charge in [0.1, 0.15) is 58.0 Å². The predicted octanol–water partition coefficient (Wildman–Crippen LogP) is 9.45. The van der Waals surface area contributed by atoms with Crippen LogP contribution in [-0.4, -0.2) is 121 Å². The molecule has 1 aliphatic heterocycles. The molecule has 0 aromatic heterocycles. The molecule has 7 aromatic rings. The molecule has 1 saturated heterocycles. The van der Waals surface area contributed by atoms with Crippen LogP contribution in [0.5, 0.6) is 0 Å². The molecule has 0 bridgehead atoms. The van der Waals surface area contributed by atoms with Crippen molar-refractivity contribution in [1.29, 1.82) is 0 Å². The maximum Gasteiger partial charge on any atom is 0.331 e. The summed E-state index contributed by atoms with van der Waals surface area (Å²) < 4.78 is 5.52. The molecule has 1 fully saturated rings. The number of nitrogens with one attached hydrogen (secondary N) is 9. The van der Waals surface area contributed by atoms with Gasteiger partial charge in [-0.15, -0.1) is 0 Å². The largest absolute Gasteiger partial charge is 0.459 e. The number of carbonyl (C=O) groups is 10. The highest BCUT2D eigenvalue weighted by Gasteiger charge is 2.44. The molecule has 530 valence electrons. The highest BCUT2D eigenvalue weighted by Crippen LogP contribution is 2.40. The summed E-state index contributed by atoms with van der Waals surface area (Å²) in [4.78, 5) is 143. The third-order valence-electron chi connectivity index (χ3n) is 17.7. The van der Waals surface area contributed by atoms with Gasteiger partial charge in [-0.3, -0.25) is 43.2 Å². The van der Waals surface area contributed by atoms with Crippen molar-refractivity contribution in [2.24, 2.45) is 0 Å². The lowest BCUT2D eigenvalue weighted by molar-refractivity contribution is -0.154. The third-order valence-corrected chi connectivity index (χ3v) is 20.7. The van der Waals surface area contributed by atoms with Crippen molar-refractivity contribution in [2.45, 2.75) is 198 Å². The van der Waals surface area contributed by atoms with Crippen LogP contribution >= 0.6 is 21.6 Å². The smallest absolute Gasteiger partial charge is 0.331 e. The van der Waals surface area contributed by atoms with Gasteiger partial charge in [0.25, 0.3) is 0 Å². The van der Waals surface area contributed by atoms with Gasteiger partial charge >= 0.3 is 5.97 Å². The monoisotopic (exact) mass is 1400 g/mol. The molecule has 100 heavy (non-hydrogen) atoms. The van der Waals surface area contributed by atoms with Crippen LogP contribution in [0.4, 0.5) is 0 Å².